The first kappa shape index (κ1) is 28.3. The van der Waals surface area contributed by atoms with E-state index in [0.29, 0.717) is 11.5 Å². The van der Waals surface area contributed by atoms with Crippen LogP contribution in [0.3, 0.4) is 0 Å². The summed E-state index contributed by atoms with van der Waals surface area (Å²) in [6.45, 7) is 4.31. The number of aromatic hydroxyl groups is 2. The van der Waals surface area contributed by atoms with Crippen molar-refractivity contribution in [2.24, 2.45) is 0 Å². The molecule has 0 heterocycles. The maximum absolute atomic E-state index is 9.34. The van der Waals surface area contributed by atoms with E-state index in [0.717, 1.165) is 36.8 Å². The maximum atomic E-state index is 9.34. The molecular formula is C20H32CoO4. The van der Waals surface area contributed by atoms with E-state index in [1.54, 1.807) is 12.1 Å². The molecule has 0 aliphatic rings. The molecule has 2 aromatic carbocycles. The van der Waals surface area contributed by atoms with Gasteiger partial charge in [0.1, 0.15) is 11.5 Å². The number of hydrogen-bond donors (Lipinski definition) is 2. The summed E-state index contributed by atoms with van der Waals surface area (Å²) in [7, 11) is 0. The minimum Gasteiger partial charge on any atom is -0.508 e. The molecule has 1 radical (unpaired) electrons. The molecule has 0 amide bonds. The maximum Gasteiger partial charge on any atom is 0.118 e. The van der Waals surface area contributed by atoms with E-state index < -0.39 is 0 Å². The second kappa shape index (κ2) is 17.3. The smallest absolute Gasteiger partial charge is 0.118 e. The monoisotopic (exact) mass is 395 g/mol. The molecule has 0 atom stereocenters. The number of aryl methyl sites for hydroxylation is 2. The predicted octanol–water partition coefficient (Wildman–Crippen LogP) is 3.82. The van der Waals surface area contributed by atoms with Gasteiger partial charge in [-0.2, -0.15) is 0 Å². The summed E-state index contributed by atoms with van der Waals surface area (Å²) in [5, 5.41) is 18.7. The van der Waals surface area contributed by atoms with Crippen molar-refractivity contribution in [1.29, 1.82) is 0 Å². The molecule has 0 saturated carbocycles. The van der Waals surface area contributed by atoms with Crippen molar-refractivity contribution in [2.45, 2.75) is 52.4 Å². The van der Waals surface area contributed by atoms with Gasteiger partial charge >= 0.3 is 0 Å². The van der Waals surface area contributed by atoms with Crippen molar-refractivity contribution in [2.75, 3.05) is 0 Å². The Kier molecular flexibility index (Phi) is 19.6. The molecule has 0 aliphatic carbocycles. The van der Waals surface area contributed by atoms with Gasteiger partial charge in [0.2, 0.25) is 0 Å². The van der Waals surface area contributed by atoms with Crippen molar-refractivity contribution in [1.82, 2.24) is 0 Å². The second-order valence-corrected chi connectivity index (χ2v) is 5.46. The molecule has 145 valence electrons. The van der Waals surface area contributed by atoms with E-state index in [9.17, 15) is 10.2 Å². The van der Waals surface area contributed by atoms with Crippen LogP contribution in [0.2, 0.25) is 0 Å². The zero-order valence-corrected chi connectivity index (χ0v) is 16.1. The quantitative estimate of drug-likeness (QED) is 0.776. The van der Waals surface area contributed by atoms with Crippen LogP contribution in [0, 0.1) is 0 Å². The molecule has 2 rings (SSSR count). The van der Waals surface area contributed by atoms with Gasteiger partial charge in [-0.1, -0.05) is 63.1 Å². The summed E-state index contributed by atoms with van der Waals surface area (Å²) in [6, 6.07) is 15.1. The Morgan fingerprint density at radius 2 is 0.960 bits per heavy atom. The first-order valence-corrected chi connectivity index (χ1v) is 8.22. The number of benzene rings is 2. The van der Waals surface area contributed by atoms with Crippen molar-refractivity contribution in [3.63, 3.8) is 0 Å². The summed E-state index contributed by atoms with van der Waals surface area (Å²) in [6.07, 6.45) is 6.63. The molecule has 6 N–H and O–H groups in total. The van der Waals surface area contributed by atoms with E-state index >= 15 is 0 Å². The second-order valence-electron chi connectivity index (χ2n) is 5.46. The minimum atomic E-state index is 0. The SMILES string of the molecule is CCCCc1ccccc1O.CCCCc1ccccc1O.O.O.[Co]. The van der Waals surface area contributed by atoms with Crippen LogP contribution in [0.4, 0.5) is 0 Å². The van der Waals surface area contributed by atoms with Crippen molar-refractivity contribution < 1.29 is 37.9 Å². The molecule has 0 bridgehead atoms. The normalized spacial score (nSPS) is 8.72. The first-order valence-electron chi connectivity index (χ1n) is 8.22. The Morgan fingerprint density at radius 1 is 0.640 bits per heavy atom. The minimum absolute atomic E-state index is 0. The Bertz CT molecular complexity index is 497. The van der Waals surface area contributed by atoms with Crippen molar-refractivity contribution >= 4 is 0 Å². The summed E-state index contributed by atoms with van der Waals surface area (Å²) in [5.41, 5.74) is 2.13. The molecular weight excluding hydrogens is 363 g/mol. The van der Waals surface area contributed by atoms with Crippen molar-refractivity contribution in [3.05, 3.63) is 59.7 Å². The third kappa shape index (κ3) is 11.6. The average molecular weight is 395 g/mol. The molecule has 0 saturated heterocycles. The van der Waals surface area contributed by atoms with Gasteiger partial charge in [0.15, 0.2) is 0 Å². The number of hydrogen-bond acceptors (Lipinski definition) is 2. The van der Waals surface area contributed by atoms with Crippen LogP contribution in [0.25, 0.3) is 0 Å². The van der Waals surface area contributed by atoms with Gasteiger partial charge in [-0.3, -0.25) is 0 Å². The predicted molar refractivity (Wildman–Crippen MR) is 101 cm³/mol. The third-order valence-electron chi connectivity index (χ3n) is 3.58. The Hall–Kier alpha value is -1.53. The number of rotatable bonds is 6. The molecule has 0 fully saturated rings. The van der Waals surface area contributed by atoms with Crippen LogP contribution in [0.1, 0.15) is 50.7 Å². The van der Waals surface area contributed by atoms with Crippen LogP contribution in [-0.4, -0.2) is 21.2 Å². The Labute approximate surface area is 161 Å². The molecule has 0 spiro atoms. The van der Waals surface area contributed by atoms with Crippen LogP contribution in [0.5, 0.6) is 11.5 Å². The van der Waals surface area contributed by atoms with Gasteiger partial charge in [0.25, 0.3) is 0 Å². The molecule has 0 aromatic heterocycles. The zero-order valence-electron chi connectivity index (χ0n) is 15.1. The van der Waals surface area contributed by atoms with E-state index in [1.807, 2.05) is 36.4 Å². The number of phenolic OH excluding ortho intramolecular Hbond substituents is 2. The summed E-state index contributed by atoms with van der Waals surface area (Å²) in [4.78, 5) is 0. The van der Waals surface area contributed by atoms with Crippen LogP contribution in [0.15, 0.2) is 48.5 Å². The fourth-order valence-electron chi connectivity index (χ4n) is 2.18. The molecule has 5 heteroatoms. The molecule has 4 nitrogen and oxygen atoms in total. The number of para-hydroxylation sites is 2. The van der Waals surface area contributed by atoms with E-state index in [-0.39, 0.29) is 27.7 Å². The van der Waals surface area contributed by atoms with Crippen LogP contribution < -0.4 is 0 Å². The van der Waals surface area contributed by atoms with Gasteiger partial charge in [0.05, 0.1) is 0 Å². The molecule has 0 unspecified atom stereocenters. The molecule has 2 aromatic rings. The average Bonchev–Trinajstić information content (AvgIpc) is 2.54. The summed E-state index contributed by atoms with van der Waals surface area (Å²) in [5.74, 6) is 0.863. The number of unbranched alkanes of at least 4 members (excludes halogenated alkanes) is 2. The van der Waals surface area contributed by atoms with Crippen LogP contribution >= 0.6 is 0 Å². The van der Waals surface area contributed by atoms with Gasteiger partial charge in [-0.25, -0.2) is 0 Å². The van der Waals surface area contributed by atoms with Crippen LogP contribution in [-0.2, 0) is 29.6 Å². The topological polar surface area (TPSA) is 103 Å². The van der Waals surface area contributed by atoms with E-state index in [1.165, 1.54) is 12.8 Å². The number of phenols is 2. The fourth-order valence-corrected chi connectivity index (χ4v) is 2.18. The van der Waals surface area contributed by atoms with E-state index in [4.69, 9.17) is 0 Å². The zero-order chi connectivity index (χ0) is 16.2. The van der Waals surface area contributed by atoms with Crippen molar-refractivity contribution in [3.8, 4) is 11.5 Å². The van der Waals surface area contributed by atoms with Gasteiger partial charge < -0.3 is 21.2 Å². The Balaban J connectivity index is -0.000000346. The van der Waals surface area contributed by atoms with Gasteiger partial charge in [-0.15, -0.1) is 0 Å². The van der Waals surface area contributed by atoms with Gasteiger partial charge in [0, 0.05) is 16.8 Å². The Morgan fingerprint density at radius 3 is 1.24 bits per heavy atom. The van der Waals surface area contributed by atoms with Gasteiger partial charge in [-0.05, 0) is 48.9 Å². The third-order valence-corrected chi connectivity index (χ3v) is 3.58. The van der Waals surface area contributed by atoms with E-state index in [2.05, 4.69) is 13.8 Å². The summed E-state index contributed by atoms with van der Waals surface area (Å²) < 4.78 is 0. The summed E-state index contributed by atoms with van der Waals surface area (Å²) >= 11 is 0. The standard InChI is InChI=1S/2C10H14O.Co.2H2O/c2*1-2-3-6-9-7-4-5-8-10(9)11;;;/h2*4-5,7-8,11H,2-3,6H2,1H3;;2*1H2. The fraction of sp³-hybridized carbons (Fsp3) is 0.400. The molecule has 0 aliphatic heterocycles. The first-order chi connectivity index (χ1) is 10.7. The largest absolute Gasteiger partial charge is 0.508 e. The molecule has 25 heavy (non-hydrogen) atoms.